The molecule has 1 unspecified atom stereocenters. The summed E-state index contributed by atoms with van der Waals surface area (Å²) in [6.45, 7) is 1.92. The molecule has 2 aromatic rings. The number of halogens is 1. The molecule has 0 aromatic heterocycles. The van der Waals surface area contributed by atoms with Crippen molar-refractivity contribution in [3.63, 3.8) is 0 Å². The van der Waals surface area contributed by atoms with E-state index in [1.165, 1.54) is 0 Å². The third-order valence-corrected chi connectivity index (χ3v) is 3.87. The Morgan fingerprint density at radius 3 is 2.67 bits per heavy atom. The molecule has 0 bridgehead atoms. The van der Waals surface area contributed by atoms with Crippen LogP contribution in [0.1, 0.15) is 27.4 Å². The highest BCUT2D eigenvalue weighted by molar-refractivity contribution is 14.1. The summed E-state index contributed by atoms with van der Waals surface area (Å²) in [4.78, 5) is 12.6. The van der Waals surface area contributed by atoms with E-state index in [0.29, 0.717) is 16.9 Å². The van der Waals surface area contributed by atoms with Crippen LogP contribution in [0.5, 0.6) is 5.75 Å². The highest BCUT2D eigenvalue weighted by atomic mass is 127. The molecule has 0 N–H and O–H groups in total. The number of ketones is 1. The molecule has 0 aliphatic carbocycles. The van der Waals surface area contributed by atoms with Crippen molar-refractivity contribution in [2.45, 2.75) is 12.8 Å². The van der Waals surface area contributed by atoms with E-state index in [9.17, 15) is 10.1 Å². The molecule has 2 rings (SSSR count). The van der Waals surface area contributed by atoms with E-state index in [1.54, 1.807) is 25.3 Å². The molecule has 3 nitrogen and oxygen atoms in total. The number of ether oxygens (including phenoxy) is 1. The van der Waals surface area contributed by atoms with E-state index < -0.39 is 5.92 Å². The summed E-state index contributed by atoms with van der Waals surface area (Å²) >= 11 is 2.15. The van der Waals surface area contributed by atoms with Crippen LogP contribution >= 0.6 is 22.6 Å². The van der Waals surface area contributed by atoms with Crippen LogP contribution in [0.25, 0.3) is 0 Å². The summed E-state index contributed by atoms with van der Waals surface area (Å²) in [5.41, 5.74) is 2.14. The lowest BCUT2D eigenvalue weighted by Gasteiger charge is -2.14. The maximum Gasteiger partial charge on any atom is 0.184 e. The van der Waals surface area contributed by atoms with Gasteiger partial charge in [0, 0.05) is 14.7 Å². The largest absolute Gasteiger partial charge is 0.496 e. The van der Waals surface area contributed by atoms with E-state index in [1.807, 2.05) is 31.2 Å². The molecule has 106 valence electrons. The molecule has 0 spiro atoms. The van der Waals surface area contributed by atoms with Crippen molar-refractivity contribution in [2.75, 3.05) is 7.11 Å². The lowest BCUT2D eigenvalue weighted by Crippen LogP contribution is -2.12. The predicted molar refractivity (Wildman–Crippen MR) is 89.6 cm³/mol. The fourth-order valence-corrected chi connectivity index (χ4v) is 2.70. The molecular weight excluding hydrogens is 377 g/mol. The summed E-state index contributed by atoms with van der Waals surface area (Å²) < 4.78 is 6.25. The number of hydrogen-bond acceptors (Lipinski definition) is 3. The van der Waals surface area contributed by atoms with E-state index in [4.69, 9.17) is 4.74 Å². The number of carbonyl (C=O) groups excluding carboxylic acids is 1. The van der Waals surface area contributed by atoms with Gasteiger partial charge < -0.3 is 4.74 Å². The van der Waals surface area contributed by atoms with Crippen LogP contribution in [0.15, 0.2) is 42.5 Å². The number of carbonyl (C=O) groups is 1. The quantitative estimate of drug-likeness (QED) is 0.583. The second-order valence-electron chi connectivity index (χ2n) is 4.68. The van der Waals surface area contributed by atoms with E-state index in [0.717, 1.165) is 9.13 Å². The van der Waals surface area contributed by atoms with Gasteiger partial charge in [0.25, 0.3) is 0 Å². The zero-order valence-electron chi connectivity index (χ0n) is 11.8. The van der Waals surface area contributed by atoms with Gasteiger partial charge in [-0.15, -0.1) is 0 Å². The number of rotatable bonds is 4. The molecule has 0 amide bonds. The monoisotopic (exact) mass is 391 g/mol. The van der Waals surface area contributed by atoms with Gasteiger partial charge in [-0.25, -0.2) is 0 Å². The molecular formula is C17H14INO2. The van der Waals surface area contributed by atoms with Crippen LogP contribution in [0.2, 0.25) is 0 Å². The van der Waals surface area contributed by atoms with Gasteiger partial charge in [-0.05, 0) is 47.7 Å². The first-order valence-corrected chi connectivity index (χ1v) is 7.48. The smallest absolute Gasteiger partial charge is 0.184 e. The molecule has 0 radical (unpaired) electrons. The lowest BCUT2D eigenvalue weighted by atomic mass is 9.90. The van der Waals surface area contributed by atoms with Crippen LogP contribution in [0.4, 0.5) is 0 Å². The summed E-state index contributed by atoms with van der Waals surface area (Å²) in [6.07, 6.45) is 0. The third-order valence-electron chi connectivity index (χ3n) is 3.20. The number of nitriles is 1. The maximum absolute atomic E-state index is 12.6. The van der Waals surface area contributed by atoms with Crippen molar-refractivity contribution in [3.05, 3.63) is 62.7 Å². The Morgan fingerprint density at radius 1 is 1.29 bits per heavy atom. The van der Waals surface area contributed by atoms with Crippen molar-refractivity contribution < 1.29 is 9.53 Å². The van der Waals surface area contributed by atoms with Crippen LogP contribution in [0, 0.1) is 21.8 Å². The maximum atomic E-state index is 12.6. The summed E-state index contributed by atoms with van der Waals surface area (Å²) in [5, 5.41) is 9.46. The van der Waals surface area contributed by atoms with Gasteiger partial charge in [0.05, 0.1) is 13.2 Å². The van der Waals surface area contributed by atoms with Gasteiger partial charge in [-0.2, -0.15) is 5.26 Å². The number of methoxy groups -OCH3 is 1. The summed E-state index contributed by atoms with van der Waals surface area (Å²) in [6, 6.07) is 14.9. The number of aryl methyl sites for hydroxylation is 1. The number of hydrogen-bond donors (Lipinski definition) is 0. The van der Waals surface area contributed by atoms with Gasteiger partial charge in [0.2, 0.25) is 0 Å². The normalized spacial score (nSPS) is 11.5. The zero-order valence-corrected chi connectivity index (χ0v) is 13.9. The second-order valence-corrected chi connectivity index (χ2v) is 5.93. The van der Waals surface area contributed by atoms with Gasteiger partial charge >= 0.3 is 0 Å². The Morgan fingerprint density at radius 2 is 2.05 bits per heavy atom. The summed E-state index contributed by atoms with van der Waals surface area (Å²) in [7, 11) is 1.54. The van der Waals surface area contributed by atoms with E-state index in [2.05, 4.69) is 28.7 Å². The Kier molecular flexibility index (Phi) is 4.97. The van der Waals surface area contributed by atoms with Crippen LogP contribution in [-0.2, 0) is 0 Å². The first kappa shape index (κ1) is 15.5. The topological polar surface area (TPSA) is 50.1 Å². The van der Waals surface area contributed by atoms with Crippen molar-refractivity contribution in [3.8, 4) is 11.8 Å². The SMILES string of the molecule is COc1ccc(C)cc1C(C#N)C(=O)c1cccc(I)c1. The first-order valence-electron chi connectivity index (χ1n) is 6.40. The van der Waals surface area contributed by atoms with Crippen molar-refractivity contribution in [1.29, 1.82) is 5.26 Å². The Labute approximate surface area is 137 Å². The molecule has 0 saturated heterocycles. The number of Topliss-reactive ketones (excluding diaryl/α,β-unsaturated/α-hetero) is 1. The van der Waals surface area contributed by atoms with Crippen LogP contribution in [0.3, 0.4) is 0 Å². The van der Waals surface area contributed by atoms with Gasteiger partial charge in [0.15, 0.2) is 5.78 Å². The highest BCUT2D eigenvalue weighted by Crippen LogP contribution is 2.30. The number of nitrogens with zero attached hydrogens (tertiary/aromatic N) is 1. The minimum Gasteiger partial charge on any atom is -0.496 e. The Bertz CT molecular complexity index is 719. The fourth-order valence-electron chi connectivity index (χ4n) is 2.16. The molecule has 0 saturated carbocycles. The zero-order chi connectivity index (χ0) is 15.4. The number of benzene rings is 2. The average molecular weight is 391 g/mol. The standard InChI is InChI=1S/C17H14INO2/c1-11-6-7-16(21-2)14(8-11)15(10-19)17(20)12-4-3-5-13(18)9-12/h3-9,15H,1-2H3. The highest BCUT2D eigenvalue weighted by Gasteiger charge is 2.25. The predicted octanol–water partition coefficient (Wildman–Crippen LogP) is 4.10. The Hall–Kier alpha value is -1.87. The van der Waals surface area contributed by atoms with Gasteiger partial charge in [0.1, 0.15) is 11.7 Å². The minimum atomic E-state index is -0.863. The van der Waals surface area contributed by atoms with E-state index >= 15 is 0 Å². The molecule has 0 aliphatic rings. The average Bonchev–Trinajstić information content (AvgIpc) is 2.48. The van der Waals surface area contributed by atoms with E-state index in [-0.39, 0.29) is 5.78 Å². The molecule has 4 heteroatoms. The molecule has 2 aromatic carbocycles. The fraction of sp³-hybridized carbons (Fsp3) is 0.176. The lowest BCUT2D eigenvalue weighted by molar-refractivity contribution is 0.0977. The van der Waals surface area contributed by atoms with Gasteiger partial charge in [-0.3, -0.25) is 4.79 Å². The van der Waals surface area contributed by atoms with Crippen molar-refractivity contribution in [1.82, 2.24) is 0 Å². The second kappa shape index (κ2) is 6.72. The Balaban J connectivity index is 2.48. The first-order chi connectivity index (χ1) is 10.1. The van der Waals surface area contributed by atoms with Crippen LogP contribution < -0.4 is 4.74 Å². The molecule has 0 heterocycles. The summed E-state index contributed by atoms with van der Waals surface area (Å²) in [5.74, 6) is -0.510. The van der Waals surface area contributed by atoms with Crippen molar-refractivity contribution >= 4 is 28.4 Å². The van der Waals surface area contributed by atoms with Crippen molar-refractivity contribution in [2.24, 2.45) is 0 Å². The van der Waals surface area contributed by atoms with Gasteiger partial charge in [-0.1, -0.05) is 29.8 Å². The molecule has 0 aliphatic heterocycles. The molecule has 1 atom stereocenters. The third kappa shape index (κ3) is 3.42. The van der Waals surface area contributed by atoms with Crippen LogP contribution in [-0.4, -0.2) is 12.9 Å². The minimum absolute atomic E-state index is 0.208. The molecule has 0 fully saturated rings. The molecule has 21 heavy (non-hydrogen) atoms.